The van der Waals surface area contributed by atoms with Crippen molar-refractivity contribution in [3.8, 4) is 5.69 Å². The molecule has 7 nitrogen and oxygen atoms in total. The van der Waals surface area contributed by atoms with Crippen LogP contribution in [0.3, 0.4) is 0 Å². The lowest BCUT2D eigenvalue weighted by molar-refractivity contribution is 0.627. The Kier molecular flexibility index (Phi) is 5.62. The second-order valence-corrected chi connectivity index (χ2v) is 7.72. The topological polar surface area (TPSA) is 96.4 Å². The molecule has 0 fully saturated rings. The second-order valence-electron chi connectivity index (χ2n) is 6.78. The van der Waals surface area contributed by atoms with E-state index < -0.39 is 11.2 Å². The largest absolute Gasteiger partial charge is 0.325 e. The number of thioether (sulfide) groups is 1. The molecule has 2 aromatic carbocycles. The SMILES string of the molecule is Cc1cccc(-n2c(Cc3cc(=O)[nH]c(=O)[nH]3)nnc2SCc2ccc(F)cc2)c1. The maximum absolute atomic E-state index is 13.2. The Labute approximate surface area is 175 Å². The van der Waals surface area contributed by atoms with Crippen LogP contribution < -0.4 is 11.2 Å². The van der Waals surface area contributed by atoms with E-state index in [1.807, 2.05) is 35.8 Å². The number of hydrogen-bond donors (Lipinski definition) is 2. The zero-order chi connectivity index (χ0) is 21.1. The Morgan fingerprint density at radius 3 is 2.57 bits per heavy atom. The van der Waals surface area contributed by atoms with Gasteiger partial charge in [0.15, 0.2) is 5.16 Å². The lowest BCUT2D eigenvalue weighted by Crippen LogP contribution is -2.23. The maximum atomic E-state index is 13.2. The first kappa shape index (κ1) is 19.8. The monoisotopic (exact) mass is 423 g/mol. The minimum absolute atomic E-state index is 0.233. The Bertz CT molecular complexity index is 1270. The molecule has 0 atom stereocenters. The van der Waals surface area contributed by atoms with Crippen LogP contribution in [-0.4, -0.2) is 24.7 Å². The third kappa shape index (κ3) is 4.57. The zero-order valence-electron chi connectivity index (χ0n) is 16.1. The van der Waals surface area contributed by atoms with Crippen LogP contribution in [0.2, 0.25) is 0 Å². The van der Waals surface area contributed by atoms with Gasteiger partial charge in [-0.05, 0) is 42.3 Å². The summed E-state index contributed by atoms with van der Waals surface area (Å²) in [5.74, 6) is 0.899. The molecular formula is C21H18FN5O2S. The lowest BCUT2D eigenvalue weighted by atomic mass is 10.2. The van der Waals surface area contributed by atoms with Gasteiger partial charge in [-0.2, -0.15) is 0 Å². The molecule has 0 saturated carbocycles. The second kappa shape index (κ2) is 8.50. The number of H-pyrrole nitrogens is 2. The molecule has 4 aromatic rings. The van der Waals surface area contributed by atoms with Crippen LogP contribution in [0.5, 0.6) is 0 Å². The number of halogens is 1. The molecule has 0 saturated heterocycles. The fourth-order valence-corrected chi connectivity index (χ4v) is 3.97. The van der Waals surface area contributed by atoms with E-state index in [0.717, 1.165) is 16.8 Å². The van der Waals surface area contributed by atoms with Gasteiger partial charge in [-0.15, -0.1) is 10.2 Å². The van der Waals surface area contributed by atoms with E-state index in [4.69, 9.17) is 0 Å². The molecule has 0 unspecified atom stereocenters. The highest BCUT2D eigenvalue weighted by atomic mass is 32.2. The summed E-state index contributed by atoms with van der Waals surface area (Å²) in [6.45, 7) is 1.99. The molecule has 0 aliphatic rings. The quantitative estimate of drug-likeness (QED) is 0.465. The first-order valence-electron chi connectivity index (χ1n) is 9.19. The van der Waals surface area contributed by atoms with Crippen molar-refractivity contribution < 1.29 is 4.39 Å². The molecule has 2 heterocycles. The highest BCUT2D eigenvalue weighted by Crippen LogP contribution is 2.26. The molecule has 0 aliphatic heterocycles. The molecule has 0 bridgehead atoms. The minimum atomic E-state index is -0.565. The van der Waals surface area contributed by atoms with Crippen LogP contribution in [0.15, 0.2) is 69.3 Å². The zero-order valence-corrected chi connectivity index (χ0v) is 16.9. The van der Waals surface area contributed by atoms with E-state index in [-0.39, 0.29) is 12.2 Å². The van der Waals surface area contributed by atoms with Crippen LogP contribution in [0.4, 0.5) is 4.39 Å². The van der Waals surface area contributed by atoms with E-state index >= 15 is 0 Å². The van der Waals surface area contributed by atoms with Crippen molar-refractivity contribution in [1.29, 1.82) is 0 Å². The summed E-state index contributed by atoms with van der Waals surface area (Å²) >= 11 is 1.47. The van der Waals surface area contributed by atoms with Crippen molar-refractivity contribution in [2.24, 2.45) is 0 Å². The normalized spacial score (nSPS) is 11.0. The molecule has 2 aromatic heterocycles. The molecular weight excluding hydrogens is 405 g/mol. The van der Waals surface area contributed by atoms with Crippen molar-refractivity contribution in [2.75, 3.05) is 0 Å². The van der Waals surface area contributed by atoms with Gasteiger partial charge in [0.2, 0.25) is 0 Å². The van der Waals surface area contributed by atoms with Crippen LogP contribution in [0.1, 0.15) is 22.6 Å². The molecule has 30 heavy (non-hydrogen) atoms. The fraction of sp³-hybridized carbons (Fsp3) is 0.143. The van der Waals surface area contributed by atoms with Gasteiger partial charge in [0.05, 0.1) is 0 Å². The van der Waals surface area contributed by atoms with Gasteiger partial charge in [-0.3, -0.25) is 14.3 Å². The van der Waals surface area contributed by atoms with Gasteiger partial charge in [0.1, 0.15) is 11.6 Å². The number of aromatic amines is 2. The Morgan fingerprint density at radius 1 is 1.03 bits per heavy atom. The average Bonchev–Trinajstić information content (AvgIpc) is 3.09. The molecule has 152 valence electrons. The van der Waals surface area contributed by atoms with Crippen LogP contribution in [0.25, 0.3) is 5.69 Å². The van der Waals surface area contributed by atoms with E-state index in [0.29, 0.717) is 22.4 Å². The van der Waals surface area contributed by atoms with Gasteiger partial charge >= 0.3 is 5.69 Å². The van der Waals surface area contributed by atoms with Crippen molar-refractivity contribution in [2.45, 2.75) is 24.3 Å². The first-order valence-corrected chi connectivity index (χ1v) is 10.2. The van der Waals surface area contributed by atoms with Gasteiger partial charge in [-0.1, -0.05) is 36.0 Å². The number of hydrogen-bond acceptors (Lipinski definition) is 5. The van der Waals surface area contributed by atoms with Gasteiger partial charge in [-0.25, -0.2) is 9.18 Å². The molecule has 0 amide bonds. The third-order valence-electron chi connectivity index (χ3n) is 4.41. The number of aryl methyl sites for hydroxylation is 1. The highest BCUT2D eigenvalue weighted by Gasteiger charge is 2.16. The average molecular weight is 423 g/mol. The summed E-state index contributed by atoms with van der Waals surface area (Å²) in [5.41, 5.74) is 2.32. The Hall–Kier alpha value is -3.46. The van der Waals surface area contributed by atoms with Gasteiger partial charge in [0, 0.05) is 29.6 Å². The van der Waals surface area contributed by atoms with E-state index in [9.17, 15) is 14.0 Å². The van der Waals surface area contributed by atoms with E-state index in [2.05, 4.69) is 20.2 Å². The molecule has 0 radical (unpaired) electrons. The lowest BCUT2D eigenvalue weighted by Gasteiger charge is -2.11. The summed E-state index contributed by atoms with van der Waals surface area (Å²) in [5, 5.41) is 9.28. The molecule has 0 aliphatic carbocycles. The van der Waals surface area contributed by atoms with Gasteiger partial charge in [0.25, 0.3) is 5.56 Å². The summed E-state index contributed by atoms with van der Waals surface area (Å²) in [6, 6.07) is 15.5. The van der Waals surface area contributed by atoms with E-state index in [1.54, 1.807) is 12.1 Å². The number of nitrogens with zero attached hydrogens (tertiary/aromatic N) is 3. The Balaban J connectivity index is 1.70. The van der Waals surface area contributed by atoms with E-state index in [1.165, 1.54) is 30.0 Å². The smallest absolute Gasteiger partial charge is 0.311 e. The minimum Gasteiger partial charge on any atom is -0.311 e. The predicted molar refractivity (Wildman–Crippen MR) is 113 cm³/mol. The van der Waals surface area contributed by atoms with Crippen molar-refractivity contribution in [1.82, 2.24) is 24.7 Å². The number of benzene rings is 2. The summed E-state index contributed by atoms with van der Waals surface area (Å²) < 4.78 is 15.1. The maximum Gasteiger partial charge on any atom is 0.325 e. The summed E-state index contributed by atoms with van der Waals surface area (Å²) in [6.07, 6.45) is 0.233. The molecule has 9 heteroatoms. The Morgan fingerprint density at radius 2 is 1.83 bits per heavy atom. The van der Waals surface area contributed by atoms with Crippen LogP contribution >= 0.6 is 11.8 Å². The standard InChI is InChI=1S/C21H18FN5O2S/c1-13-3-2-4-17(9-13)27-18(10-16-11-19(28)24-20(29)23-16)25-26-21(27)30-12-14-5-7-15(22)8-6-14/h2-9,11H,10,12H2,1H3,(H2,23,24,28,29). The van der Waals surface area contributed by atoms with Crippen LogP contribution in [0, 0.1) is 12.7 Å². The number of aromatic nitrogens is 5. The van der Waals surface area contributed by atoms with Gasteiger partial charge < -0.3 is 4.98 Å². The van der Waals surface area contributed by atoms with Crippen LogP contribution in [-0.2, 0) is 12.2 Å². The number of nitrogens with one attached hydrogen (secondary N) is 2. The summed E-state index contributed by atoms with van der Waals surface area (Å²) in [4.78, 5) is 28.0. The molecule has 2 N–H and O–H groups in total. The van der Waals surface area contributed by atoms with Crippen molar-refractivity contribution >= 4 is 11.8 Å². The first-order chi connectivity index (χ1) is 14.5. The predicted octanol–water partition coefficient (Wildman–Crippen LogP) is 2.97. The third-order valence-corrected chi connectivity index (χ3v) is 5.41. The highest BCUT2D eigenvalue weighted by molar-refractivity contribution is 7.98. The molecule has 0 spiro atoms. The van der Waals surface area contributed by atoms with Crippen molar-refractivity contribution in [3.05, 3.63) is 104 Å². The fourth-order valence-electron chi connectivity index (χ4n) is 3.05. The summed E-state index contributed by atoms with van der Waals surface area (Å²) in [7, 11) is 0. The number of rotatable bonds is 6. The molecule has 4 rings (SSSR count). The van der Waals surface area contributed by atoms with Crippen molar-refractivity contribution in [3.63, 3.8) is 0 Å².